The second-order valence-electron chi connectivity index (χ2n) is 5.51. The van der Waals surface area contributed by atoms with Crippen molar-refractivity contribution < 1.29 is 4.79 Å². The second kappa shape index (κ2) is 7.32. The number of benzene rings is 1. The van der Waals surface area contributed by atoms with Crippen molar-refractivity contribution in [3.63, 3.8) is 0 Å². The van der Waals surface area contributed by atoms with Crippen LogP contribution in [0.25, 0.3) is 0 Å². The van der Waals surface area contributed by atoms with Crippen molar-refractivity contribution in [2.24, 2.45) is 0 Å². The van der Waals surface area contributed by atoms with E-state index in [2.05, 4.69) is 19.1 Å². The van der Waals surface area contributed by atoms with Gasteiger partial charge in [-0.1, -0.05) is 38.3 Å². The number of aryl methyl sites for hydroxylation is 1. The molecule has 0 unspecified atom stereocenters. The van der Waals surface area contributed by atoms with Gasteiger partial charge in [-0.25, -0.2) is 0 Å². The fourth-order valence-electron chi connectivity index (χ4n) is 2.67. The Morgan fingerprint density at radius 2 is 1.74 bits per heavy atom. The summed E-state index contributed by atoms with van der Waals surface area (Å²) < 4.78 is 0. The normalized spacial score (nSPS) is 14.9. The highest BCUT2D eigenvalue weighted by Crippen LogP contribution is 2.14. The van der Waals surface area contributed by atoms with Crippen molar-refractivity contribution in [3.05, 3.63) is 35.4 Å². The number of amides is 1. The standard InChI is InChI=1S/C17H25NO/c1-2-3-4-5-8-15-9-11-16(12-10-15)17(19)18-13-6-7-14-18/h9-12H,2-8,13-14H2,1H3. The lowest BCUT2D eigenvalue weighted by Crippen LogP contribution is -2.27. The predicted octanol–water partition coefficient (Wildman–Crippen LogP) is 4.05. The smallest absolute Gasteiger partial charge is 0.253 e. The number of carbonyl (C=O) groups excluding carboxylic acids is 1. The highest BCUT2D eigenvalue weighted by molar-refractivity contribution is 5.94. The van der Waals surface area contributed by atoms with E-state index in [0.717, 1.165) is 37.9 Å². The van der Waals surface area contributed by atoms with Crippen LogP contribution < -0.4 is 0 Å². The molecule has 1 aliphatic heterocycles. The first kappa shape index (κ1) is 14.1. The summed E-state index contributed by atoms with van der Waals surface area (Å²) in [7, 11) is 0. The van der Waals surface area contributed by atoms with Crippen molar-refractivity contribution in [3.8, 4) is 0 Å². The Morgan fingerprint density at radius 3 is 2.37 bits per heavy atom. The van der Waals surface area contributed by atoms with Gasteiger partial charge in [-0.2, -0.15) is 0 Å². The Kier molecular flexibility index (Phi) is 5.44. The number of likely N-dealkylation sites (tertiary alicyclic amines) is 1. The molecule has 0 radical (unpaired) electrons. The minimum absolute atomic E-state index is 0.204. The summed E-state index contributed by atoms with van der Waals surface area (Å²) in [6.07, 6.45) is 8.62. The van der Waals surface area contributed by atoms with Crippen molar-refractivity contribution in [2.75, 3.05) is 13.1 Å². The van der Waals surface area contributed by atoms with E-state index in [-0.39, 0.29) is 5.91 Å². The van der Waals surface area contributed by atoms with Crippen molar-refractivity contribution >= 4 is 5.91 Å². The molecule has 1 aromatic carbocycles. The van der Waals surface area contributed by atoms with Crippen LogP contribution in [0, 0.1) is 0 Å². The molecule has 0 saturated carbocycles. The number of unbranched alkanes of at least 4 members (excludes halogenated alkanes) is 3. The third kappa shape index (κ3) is 4.09. The Bertz CT molecular complexity index is 390. The summed E-state index contributed by atoms with van der Waals surface area (Å²) in [4.78, 5) is 14.2. The van der Waals surface area contributed by atoms with E-state index in [1.54, 1.807) is 0 Å². The Labute approximate surface area is 116 Å². The Hall–Kier alpha value is -1.31. The summed E-state index contributed by atoms with van der Waals surface area (Å²) >= 11 is 0. The first-order valence-electron chi connectivity index (χ1n) is 7.69. The van der Waals surface area contributed by atoms with Crippen LogP contribution in [0.5, 0.6) is 0 Å². The molecular weight excluding hydrogens is 234 g/mol. The fraction of sp³-hybridized carbons (Fsp3) is 0.588. The van der Waals surface area contributed by atoms with Crippen LogP contribution in [-0.2, 0) is 6.42 Å². The van der Waals surface area contributed by atoms with Crippen LogP contribution in [0.1, 0.15) is 61.4 Å². The molecule has 2 nitrogen and oxygen atoms in total. The van der Waals surface area contributed by atoms with Gasteiger partial charge in [0.1, 0.15) is 0 Å². The zero-order chi connectivity index (χ0) is 13.5. The van der Waals surface area contributed by atoms with Gasteiger partial charge < -0.3 is 4.90 Å². The zero-order valence-electron chi connectivity index (χ0n) is 12.0. The largest absolute Gasteiger partial charge is 0.339 e. The number of hydrogen-bond acceptors (Lipinski definition) is 1. The molecule has 1 aliphatic rings. The van der Waals surface area contributed by atoms with Crippen LogP contribution in [0.3, 0.4) is 0 Å². The van der Waals surface area contributed by atoms with Gasteiger partial charge in [-0.05, 0) is 43.4 Å². The van der Waals surface area contributed by atoms with Crippen LogP contribution in [0.4, 0.5) is 0 Å². The monoisotopic (exact) mass is 259 g/mol. The highest BCUT2D eigenvalue weighted by Gasteiger charge is 2.18. The third-order valence-electron chi connectivity index (χ3n) is 3.91. The van der Waals surface area contributed by atoms with E-state index < -0.39 is 0 Å². The molecule has 1 fully saturated rings. The molecule has 0 atom stereocenters. The summed E-state index contributed by atoms with van der Waals surface area (Å²) in [5, 5.41) is 0. The zero-order valence-corrected chi connectivity index (χ0v) is 12.0. The van der Waals surface area contributed by atoms with E-state index in [0.29, 0.717) is 0 Å². The molecule has 1 saturated heterocycles. The maximum absolute atomic E-state index is 12.2. The molecule has 2 heteroatoms. The van der Waals surface area contributed by atoms with E-state index >= 15 is 0 Å². The number of nitrogens with zero attached hydrogens (tertiary/aromatic N) is 1. The minimum atomic E-state index is 0.204. The van der Waals surface area contributed by atoms with Gasteiger partial charge in [0.2, 0.25) is 0 Å². The quantitative estimate of drug-likeness (QED) is 0.706. The Balaban J connectivity index is 1.85. The lowest BCUT2D eigenvalue weighted by molar-refractivity contribution is 0.0793. The SMILES string of the molecule is CCCCCCc1ccc(C(=O)N2CCCC2)cc1. The summed E-state index contributed by atoms with van der Waals surface area (Å²) in [6.45, 7) is 4.09. The maximum atomic E-state index is 12.2. The Morgan fingerprint density at radius 1 is 1.05 bits per heavy atom. The summed E-state index contributed by atoms with van der Waals surface area (Å²) in [6, 6.07) is 8.23. The van der Waals surface area contributed by atoms with Crippen molar-refractivity contribution in [1.82, 2.24) is 4.90 Å². The number of rotatable bonds is 6. The minimum Gasteiger partial charge on any atom is -0.339 e. The third-order valence-corrected chi connectivity index (χ3v) is 3.91. The van der Waals surface area contributed by atoms with Crippen molar-refractivity contribution in [1.29, 1.82) is 0 Å². The molecule has 0 bridgehead atoms. The second-order valence-corrected chi connectivity index (χ2v) is 5.51. The summed E-state index contributed by atoms with van der Waals surface area (Å²) in [5.41, 5.74) is 2.20. The molecule has 104 valence electrons. The fourth-order valence-corrected chi connectivity index (χ4v) is 2.67. The van der Waals surface area contributed by atoms with Crippen LogP contribution in [0.2, 0.25) is 0 Å². The lowest BCUT2D eigenvalue weighted by atomic mass is 10.0. The first-order valence-corrected chi connectivity index (χ1v) is 7.69. The van der Waals surface area contributed by atoms with E-state index in [1.807, 2.05) is 17.0 Å². The number of hydrogen-bond donors (Lipinski definition) is 0. The van der Waals surface area contributed by atoms with Gasteiger partial charge in [-0.3, -0.25) is 4.79 Å². The highest BCUT2D eigenvalue weighted by atomic mass is 16.2. The predicted molar refractivity (Wildman–Crippen MR) is 79.4 cm³/mol. The van der Waals surface area contributed by atoms with Crippen LogP contribution >= 0.6 is 0 Å². The average Bonchev–Trinajstić information content (AvgIpc) is 2.98. The van der Waals surface area contributed by atoms with Gasteiger partial charge in [0, 0.05) is 18.7 Å². The van der Waals surface area contributed by atoms with Crippen LogP contribution in [-0.4, -0.2) is 23.9 Å². The molecule has 1 amide bonds. The van der Waals surface area contributed by atoms with Gasteiger partial charge in [0.15, 0.2) is 0 Å². The molecular formula is C17H25NO. The molecule has 1 heterocycles. The molecule has 1 aromatic rings. The molecule has 19 heavy (non-hydrogen) atoms. The molecule has 0 aromatic heterocycles. The molecule has 0 N–H and O–H groups in total. The summed E-state index contributed by atoms with van der Waals surface area (Å²) in [5.74, 6) is 0.204. The van der Waals surface area contributed by atoms with E-state index in [1.165, 1.54) is 31.2 Å². The molecule has 0 spiro atoms. The topological polar surface area (TPSA) is 20.3 Å². The van der Waals surface area contributed by atoms with E-state index in [4.69, 9.17) is 0 Å². The number of carbonyl (C=O) groups is 1. The van der Waals surface area contributed by atoms with Gasteiger partial charge >= 0.3 is 0 Å². The van der Waals surface area contributed by atoms with Crippen molar-refractivity contribution in [2.45, 2.75) is 51.9 Å². The van der Waals surface area contributed by atoms with E-state index in [9.17, 15) is 4.79 Å². The van der Waals surface area contributed by atoms with Gasteiger partial charge in [-0.15, -0.1) is 0 Å². The van der Waals surface area contributed by atoms with Gasteiger partial charge in [0.05, 0.1) is 0 Å². The van der Waals surface area contributed by atoms with Crippen LogP contribution in [0.15, 0.2) is 24.3 Å². The molecule has 2 rings (SSSR count). The lowest BCUT2D eigenvalue weighted by Gasteiger charge is -2.15. The maximum Gasteiger partial charge on any atom is 0.253 e. The molecule has 0 aliphatic carbocycles. The average molecular weight is 259 g/mol. The van der Waals surface area contributed by atoms with Gasteiger partial charge in [0.25, 0.3) is 5.91 Å². The first-order chi connectivity index (χ1) is 9.31.